The van der Waals surface area contributed by atoms with Gasteiger partial charge in [-0.1, -0.05) is 31.4 Å². The largest absolute Gasteiger partial charge is 0.233 e. The molecule has 76 valence electrons. The first-order chi connectivity index (χ1) is 6.79. The molecule has 1 aromatic rings. The van der Waals surface area contributed by atoms with Crippen LogP contribution in [0.25, 0.3) is 0 Å². The second-order valence-corrected chi connectivity index (χ2v) is 3.88. The molecule has 14 heavy (non-hydrogen) atoms. The highest BCUT2D eigenvalue weighted by molar-refractivity contribution is 9.10. The topological polar surface area (TPSA) is 54.5 Å². The molecule has 1 heterocycles. The maximum absolute atomic E-state index is 8.81. The minimum absolute atomic E-state index is 0.515. The van der Waals surface area contributed by atoms with Crippen molar-refractivity contribution in [2.24, 2.45) is 0 Å². The lowest BCUT2D eigenvalue weighted by atomic mass is 10.2. The Hall–Kier alpha value is -0.890. The fourth-order valence-corrected chi connectivity index (χ4v) is 1.60. The number of aromatic nitrogens is 3. The van der Waals surface area contributed by atoms with Crippen molar-refractivity contribution in [3.8, 4) is 6.07 Å². The van der Waals surface area contributed by atoms with Gasteiger partial charge in [-0.25, -0.2) is 4.68 Å². The van der Waals surface area contributed by atoms with Crippen LogP contribution in [0.2, 0.25) is 0 Å². The maximum atomic E-state index is 8.81. The van der Waals surface area contributed by atoms with E-state index < -0.39 is 0 Å². The molecular weight excluding hydrogens is 244 g/mol. The SMILES string of the molecule is CCCCCCn1nnc(Br)c1C#N. The zero-order valence-electron chi connectivity index (χ0n) is 8.20. The third-order valence-corrected chi connectivity index (χ3v) is 2.56. The number of halogens is 1. The summed E-state index contributed by atoms with van der Waals surface area (Å²) in [4.78, 5) is 0. The summed E-state index contributed by atoms with van der Waals surface area (Å²) in [5, 5.41) is 16.5. The van der Waals surface area contributed by atoms with Crippen LogP contribution in [0, 0.1) is 11.3 Å². The molecule has 0 N–H and O–H groups in total. The second kappa shape index (κ2) is 5.76. The number of hydrogen-bond acceptors (Lipinski definition) is 3. The maximum Gasteiger partial charge on any atom is 0.173 e. The quantitative estimate of drug-likeness (QED) is 0.761. The molecule has 0 saturated heterocycles. The molecular formula is C9H13BrN4. The summed E-state index contributed by atoms with van der Waals surface area (Å²) >= 11 is 3.18. The number of hydrogen-bond donors (Lipinski definition) is 0. The van der Waals surface area contributed by atoms with Crippen LogP contribution in [0.4, 0.5) is 0 Å². The molecule has 1 rings (SSSR count). The molecule has 4 nitrogen and oxygen atoms in total. The van der Waals surface area contributed by atoms with Gasteiger partial charge in [-0.3, -0.25) is 0 Å². The Labute approximate surface area is 92.0 Å². The Balaban J connectivity index is 2.47. The lowest BCUT2D eigenvalue weighted by Crippen LogP contribution is -2.03. The highest BCUT2D eigenvalue weighted by Gasteiger charge is 2.08. The second-order valence-electron chi connectivity index (χ2n) is 3.12. The smallest absolute Gasteiger partial charge is 0.173 e. The third-order valence-electron chi connectivity index (χ3n) is 2.02. The molecule has 0 aliphatic carbocycles. The summed E-state index contributed by atoms with van der Waals surface area (Å²) in [6.45, 7) is 2.95. The molecule has 0 unspecified atom stereocenters. The minimum Gasteiger partial charge on any atom is -0.233 e. The fraction of sp³-hybridized carbons (Fsp3) is 0.667. The monoisotopic (exact) mass is 256 g/mol. The van der Waals surface area contributed by atoms with Gasteiger partial charge >= 0.3 is 0 Å². The molecule has 0 aromatic carbocycles. The van der Waals surface area contributed by atoms with Gasteiger partial charge in [0.05, 0.1) is 0 Å². The zero-order chi connectivity index (χ0) is 10.4. The number of rotatable bonds is 5. The van der Waals surface area contributed by atoms with Crippen LogP contribution in [0.15, 0.2) is 4.60 Å². The molecule has 0 spiro atoms. The average molecular weight is 257 g/mol. The van der Waals surface area contributed by atoms with Crippen molar-refractivity contribution in [1.82, 2.24) is 15.0 Å². The predicted molar refractivity (Wildman–Crippen MR) is 56.6 cm³/mol. The van der Waals surface area contributed by atoms with Crippen LogP contribution in [0.3, 0.4) is 0 Å². The van der Waals surface area contributed by atoms with Gasteiger partial charge in [0.15, 0.2) is 10.3 Å². The number of unbranched alkanes of at least 4 members (excludes halogenated alkanes) is 3. The molecule has 0 aliphatic rings. The van der Waals surface area contributed by atoms with Gasteiger partial charge < -0.3 is 0 Å². The molecule has 0 atom stereocenters. The van der Waals surface area contributed by atoms with Crippen molar-refractivity contribution in [1.29, 1.82) is 5.26 Å². The van der Waals surface area contributed by atoms with E-state index in [1.165, 1.54) is 19.3 Å². The first-order valence-corrected chi connectivity index (χ1v) is 5.58. The van der Waals surface area contributed by atoms with Crippen LogP contribution in [-0.2, 0) is 6.54 Å². The summed E-state index contributed by atoms with van der Waals surface area (Å²) in [5.41, 5.74) is 0.515. The third kappa shape index (κ3) is 2.81. The Morgan fingerprint density at radius 3 is 2.86 bits per heavy atom. The molecule has 0 aliphatic heterocycles. The van der Waals surface area contributed by atoms with Gasteiger partial charge in [-0.05, 0) is 22.4 Å². The Bertz CT molecular complexity index is 326. The number of nitrogens with zero attached hydrogens (tertiary/aromatic N) is 4. The molecule has 0 radical (unpaired) electrons. The van der Waals surface area contributed by atoms with Crippen molar-refractivity contribution in [2.45, 2.75) is 39.2 Å². The lowest BCUT2D eigenvalue weighted by molar-refractivity contribution is 0.524. The van der Waals surface area contributed by atoms with Crippen LogP contribution >= 0.6 is 15.9 Å². The highest BCUT2D eigenvalue weighted by atomic mass is 79.9. The molecule has 0 amide bonds. The van der Waals surface area contributed by atoms with E-state index in [2.05, 4.69) is 39.2 Å². The van der Waals surface area contributed by atoms with Crippen molar-refractivity contribution in [2.75, 3.05) is 0 Å². The highest BCUT2D eigenvalue weighted by Crippen LogP contribution is 2.12. The molecule has 0 fully saturated rings. The summed E-state index contributed by atoms with van der Waals surface area (Å²) in [6.07, 6.45) is 4.68. The van der Waals surface area contributed by atoms with Crippen LogP contribution in [-0.4, -0.2) is 15.0 Å². The van der Waals surface area contributed by atoms with Crippen molar-refractivity contribution < 1.29 is 0 Å². The molecule has 1 aromatic heterocycles. The zero-order valence-corrected chi connectivity index (χ0v) is 9.79. The van der Waals surface area contributed by atoms with Gasteiger partial charge in [0.1, 0.15) is 6.07 Å². The van der Waals surface area contributed by atoms with Crippen LogP contribution in [0.5, 0.6) is 0 Å². The van der Waals surface area contributed by atoms with E-state index in [0.717, 1.165) is 13.0 Å². The Kier molecular flexibility index (Phi) is 4.60. The lowest BCUT2D eigenvalue weighted by Gasteiger charge is -2.00. The van der Waals surface area contributed by atoms with Gasteiger partial charge in [0.25, 0.3) is 0 Å². The predicted octanol–water partition coefficient (Wildman–Crippen LogP) is 2.49. The Morgan fingerprint density at radius 1 is 1.43 bits per heavy atom. The van der Waals surface area contributed by atoms with E-state index in [1.807, 2.05) is 0 Å². The minimum atomic E-state index is 0.515. The molecule has 0 bridgehead atoms. The van der Waals surface area contributed by atoms with Crippen molar-refractivity contribution in [3.63, 3.8) is 0 Å². The Morgan fingerprint density at radius 2 is 2.21 bits per heavy atom. The normalized spacial score (nSPS) is 10.1. The molecule has 5 heteroatoms. The van der Waals surface area contributed by atoms with Crippen molar-refractivity contribution in [3.05, 3.63) is 10.3 Å². The van der Waals surface area contributed by atoms with Crippen molar-refractivity contribution >= 4 is 15.9 Å². The van der Waals surface area contributed by atoms with Crippen LogP contribution < -0.4 is 0 Å². The summed E-state index contributed by atoms with van der Waals surface area (Å²) in [6, 6.07) is 2.08. The van der Waals surface area contributed by atoms with Gasteiger partial charge in [-0.2, -0.15) is 5.26 Å². The summed E-state index contributed by atoms with van der Waals surface area (Å²) in [7, 11) is 0. The van der Waals surface area contributed by atoms with E-state index in [9.17, 15) is 0 Å². The van der Waals surface area contributed by atoms with E-state index in [0.29, 0.717) is 10.3 Å². The van der Waals surface area contributed by atoms with E-state index in [-0.39, 0.29) is 0 Å². The standard InChI is InChI=1S/C9H13BrN4/c1-2-3-4-5-6-14-8(7-11)9(10)12-13-14/h2-6H2,1H3. The first-order valence-electron chi connectivity index (χ1n) is 4.78. The summed E-state index contributed by atoms with van der Waals surface area (Å²) in [5.74, 6) is 0. The number of aryl methyl sites for hydroxylation is 1. The summed E-state index contributed by atoms with van der Waals surface area (Å²) < 4.78 is 2.19. The van der Waals surface area contributed by atoms with E-state index in [4.69, 9.17) is 5.26 Å². The van der Waals surface area contributed by atoms with Gasteiger partial charge in [-0.15, -0.1) is 5.10 Å². The fourth-order valence-electron chi connectivity index (χ4n) is 1.24. The van der Waals surface area contributed by atoms with Gasteiger partial charge in [0.2, 0.25) is 0 Å². The van der Waals surface area contributed by atoms with E-state index >= 15 is 0 Å². The van der Waals surface area contributed by atoms with Gasteiger partial charge in [0, 0.05) is 6.54 Å². The van der Waals surface area contributed by atoms with E-state index in [1.54, 1.807) is 4.68 Å². The number of nitriles is 1. The van der Waals surface area contributed by atoms with Crippen LogP contribution in [0.1, 0.15) is 38.3 Å². The first kappa shape index (κ1) is 11.2. The molecule has 0 saturated carbocycles. The average Bonchev–Trinajstić information content (AvgIpc) is 2.54.